The van der Waals surface area contributed by atoms with E-state index in [4.69, 9.17) is 5.41 Å². The average molecular weight is 267 g/mol. The Morgan fingerprint density at radius 1 is 1.15 bits per heavy atom. The number of anilines is 2. The van der Waals surface area contributed by atoms with Gasteiger partial charge in [0.1, 0.15) is 0 Å². The summed E-state index contributed by atoms with van der Waals surface area (Å²) in [5, 5.41) is 11.3. The van der Waals surface area contributed by atoms with E-state index in [9.17, 15) is 0 Å². The fourth-order valence-electron chi connectivity index (χ4n) is 2.06. The third-order valence-corrected chi connectivity index (χ3v) is 3.32. The Bertz CT molecular complexity index is 605. The molecule has 0 bridgehead atoms. The maximum Gasteiger partial charge on any atom is 0.199 e. The number of nitrogens with zero attached hydrogens (tertiary/aromatic N) is 1. The molecule has 0 heterocycles. The molecule has 20 heavy (non-hydrogen) atoms. The first-order valence-electron chi connectivity index (χ1n) is 6.85. The summed E-state index contributed by atoms with van der Waals surface area (Å²) in [6.45, 7) is 4.18. The van der Waals surface area contributed by atoms with Crippen molar-refractivity contribution in [2.24, 2.45) is 0 Å². The molecule has 0 aliphatic carbocycles. The molecule has 2 N–H and O–H groups in total. The Hall–Kier alpha value is -2.29. The van der Waals surface area contributed by atoms with Gasteiger partial charge in [-0.3, -0.25) is 5.41 Å². The van der Waals surface area contributed by atoms with Crippen molar-refractivity contribution in [3.63, 3.8) is 0 Å². The molecule has 0 aliphatic heterocycles. The van der Waals surface area contributed by atoms with Crippen LogP contribution in [0, 0.1) is 12.3 Å². The first-order chi connectivity index (χ1) is 9.60. The van der Waals surface area contributed by atoms with Crippen molar-refractivity contribution in [2.45, 2.75) is 20.3 Å². The lowest BCUT2D eigenvalue weighted by molar-refractivity contribution is 1.14. The Balaban J connectivity index is 2.11. The van der Waals surface area contributed by atoms with E-state index in [2.05, 4.69) is 43.4 Å². The van der Waals surface area contributed by atoms with Crippen LogP contribution in [0.4, 0.5) is 11.4 Å². The summed E-state index contributed by atoms with van der Waals surface area (Å²) in [5.41, 5.74) is 4.42. The molecule has 0 radical (unpaired) electrons. The highest BCUT2D eigenvalue weighted by Gasteiger charge is 2.07. The Labute approximate surface area is 120 Å². The van der Waals surface area contributed by atoms with Gasteiger partial charge in [0, 0.05) is 18.4 Å². The molecule has 0 unspecified atom stereocenters. The second-order valence-electron chi connectivity index (χ2n) is 4.93. The molecule has 2 aromatic rings. The van der Waals surface area contributed by atoms with E-state index < -0.39 is 0 Å². The number of rotatable bonds is 3. The normalized spacial score (nSPS) is 10.2. The van der Waals surface area contributed by atoms with Crippen molar-refractivity contribution < 1.29 is 0 Å². The van der Waals surface area contributed by atoms with Crippen LogP contribution in [-0.4, -0.2) is 13.0 Å². The first-order valence-corrected chi connectivity index (χ1v) is 6.85. The van der Waals surface area contributed by atoms with Crippen LogP contribution in [0.3, 0.4) is 0 Å². The van der Waals surface area contributed by atoms with Crippen LogP contribution in [0.25, 0.3) is 0 Å². The lowest BCUT2D eigenvalue weighted by Crippen LogP contribution is -2.31. The minimum atomic E-state index is 0.365. The summed E-state index contributed by atoms with van der Waals surface area (Å²) >= 11 is 0. The zero-order valence-corrected chi connectivity index (χ0v) is 12.3. The third kappa shape index (κ3) is 3.38. The van der Waals surface area contributed by atoms with Gasteiger partial charge in [-0.2, -0.15) is 0 Å². The van der Waals surface area contributed by atoms with Crippen LogP contribution in [-0.2, 0) is 6.42 Å². The molecule has 0 amide bonds. The molecule has 0 saturated heterocycles. The van der Waals surface area contributed by atoms with Gasteiger partial charge in [0.05, 0.1) is 0 Å². The smallest absolute Gasteiger partial charge is 0.199 e. The van der Waals surface area contributed by atoms with Gasteiger partial charge >= 0.3 is 0 Å². The zero-order chi connectivity index (χ0) is 14.5. The molecule has 3 nitrogen and oxygen atoms in total. The highest BCUT2D eigenvalue weighted by Crippen LogP contribution is 2.16. The van der Waals surface area contributed by atoms with Crippen molar-refractivity contribution in [1.82, 2.24) is 0 Å². The van der Waals surface area contributed by atoms with Crippen molar-refractivity contribution in [3.8, 4) is 0 Å². The highest BCUT2D eigenvalue weighted by molar-refractivity contribution is 6.03. The molecule has 3 heteroatoms. The summed E-state index contributed by atoms with van der Waals surface area (Å²) < 4.78 is 0. The fraction of sp³-hybridized carbons (Fsp3) is 0.235. The lowest BCUT2D eigenvalue weighted by atomic mass is 10.1. The van der Waals surface area contributed by atoms with Gasteiger partial charge in [0.2, 0.25) is 0 Å². The van der Waals surface area contributed by atoms with E-state index in [0.717, 1.165) is 17.8 Å². The minimum Gasteiger partial charge on any atom is -0.326 e. The van der Waals surface area contributed by atoms with Crippen LogP contribution in [0.5, 0.6) is 0 Å². The van der Waals surface area contributed by atoms with E-state index in [0.29, 0.717) is 5.96 Å². The van der Waals surface area contributed by atoms with Crippen molar-refractivity contribution in [3.05, 3.63) is 59.7 Å². The summed E-state index contributed by atoms with van der Waals surface area (Å²) in [7, 11) is 1.90. The van der Waals surface area contributed by atoms with Gasteiger partial charge in [-0.15, -0.1) is 0 Å². The van der Waals surface area contributed by atoms with Crippen LogP contribution in [0.2, 0.25) is 0 Å². The number of hydrogen-bond acceptors (Lipinski definition) is 1. The third-order valence-electron chi connectivity index (χ3n) is 3.32. The Kier molecular flexibility index (Phi) is 4.41. The molecule has 0 spiro atoms. The largest absolute Gasteiger partial charge is 0.326 e. The second kappa shape index (κ2) is 6.24. The van der Waals surface area contributed by atoms with E-state index in [1.165, 1.54) is 11.1 Å². The van der Waals surface area contributed by atoms with Gasteiger partial charge in [-0.05, 0) is 48.7 Å². The van der Waals surface area contributed by atoms with Crippen molar-refractivity contribution in [2.75, 3.05) is 17.3 Å². The van der Waals surface area contributed by atoms with Crippen molar-refractivity contribution in [1.29, 1.82) is 5.41 Å². The molecule has 0 saturated carbocycles. The summed E-state index contributed by atoms with van der Waals surface area (Å²) in [6, 6.07) is 16.3. The number of nitrogens with one attached hydrogen (secondary N) is 2. The van der Waals surface area contributed by atoms with Crippen LogP contribution in [0.1, 0.15) is 18.1 Å². The number of guanidine groups is 1. The standard InChI is InChI=1S/C17H21N3/c1-4-14-8-6-9-15(12-14)19-17(18)20(3)16-10-5-7-13(2)11-16/h5-12H,4H2,1-3H3,(H2,18,19). The summed E-state index contributed by atoms with van der Waals surface area (Å²) in [6.07, 6.45) is 0.997. The molecule has 0 fully saturated rings. The predicted octanol–water partition coefficient (Wildman–Crippen LogP) is 4.04. The van der Waals surface area contributed by atoms with E-state index in [1.54, 1.807) is 0 Å². The maximum absolute atomic E-state index is 8.18. The van der Waals surface area contributed by atoms with Gasteiger partial charge in [-0.1, -0.05) is 31.2 Å². The molecule has 104 valence electrons. The second-order valence-corrected chi connectivity index (χ2v) is 4.93. The molecule has 0 aliphatic rings. The van der Waals surface area contributed by atoms with Crippen LogP contribution < -0.4 is 10.2 Å². The van der Waals surface area contributed by atoms with E-state index >= 15 is 0 Å². The number of aryl methyl sites for hydroxylation is 2. The fourth-order valence-corrected chi connectivity index (χ4v) is 2.06. The predicted molar refractivity (Wildman–Crippen MR) is 86.8 cm³/mol. The summed E-state index contributed by atoms with van der Waals surface area (Å²) in [4.78, 5) is 1.84. The molecule has 2 rings (SSSR count). The van der Waals surface area contributed by atoms with E-state index in [1.807, 2.05) is 36.2 Å². The first kappa shape index (κ1) is 14.1. The quantitative estimate of drug-likeness (QED) is 0.650. The molecular weight excluding hydrogens is 246 g/mol. The number of benzene rings is 2. The lowest BCUT2D eigenvalue weighted by Gasteiger charge is -2.21. The highest BCUT2D eigenvalue weighted by atomic mass is 15.3. The van der Waals surface area contributed by atoms with Crippen LogP contribution in [0.15, 0.2) is 48.5 Å². The zero-order valence-electron chi connectivity index (χ0n) is 12.3. The molecular formula is C17H21N3. The summed E-state index contributed by atoms with van der Waals surface area (Å²) in [5.74, 6) is 0.365. The van der Waals surface area contributed by atoms with E-state index in [-0.39, 0.29) is 0 Å². The van der Waals surface area contributed by atoms with Gasteiger partial charge in [-0.25, -0.2) is 0 Å². The SMILES string of the molecule is CCc1cccc(NC(=N)N(C)c2cccc(C)c2)c1. The van der Waals surface area contributed by atoms with Crippen LogP contribution >= 0.6 is 0 Å². The molecule has 0 atom stereocenters. The molecule has 2 aromatic carbocycles. The maximum atomic E-state index is 8.18. The number of hydrogen-bond donors (Lipinski definition) is 2. The van der Waals surface area contributed by atoms with Gasteiger partial charge in [0.25, 0.3) is 0 Å². The monoisotopic (exact) mass is 267 g/mol. The van der Waals surface area contributed by atoms with Gasteiger partial charge in [0.15, 0.2) is 5.96 Å². The van der Waals surface area contributed by atoms with Crippen molar-refractivity contribution >= 4 is 17.3 Å². The minimum absolute atomic E-state index is 0.365. The molecule has 0 aromatic heterocycles. The average Bonchev–Trinajstić information content (AvgIpc) is 2.46. The van der Waals surface area contributed by atoms with Gasteiger partial charge < -0.3 is 10.2 Å². The topological polar surface area (TPSA) is 39.1 Å². The Morgan fingerprint density at radius 3 is 2.60 bits per heavy atom. The Morgan fingerprint density at radius 2 is 1.90 bits per heavy atom.